The zero-order valence-corrected chi connectivity index (χ0v) is 23.7. The number of fused-ring (bicyclic) bond motifs is 1. The fraction of sp³-hybridized carbons (Fsp3) is 0.667. The van der Waals surface area contributed by atoms with Crippen LogP contribution in [0.4, 0.5) is 0 Å². The zero-order valence-electron chi connectivity index (χ0n) is 23.7. The molecule has 3 aliphatic rings. The number of rotatable bonds is 7. The van der Waals surface area contributed by atoms with Crippen molar-refractivity contribution in [2.45, 2.75) is 102 Å². The highest BCUT2D eigenvalue weighted by Crippen LogP contribution is 2.38. The van der Waals surface area contributed by atoms with Crippen LogP contribution < -0.4 is 5.32 Å². The number of Topliss-reactive ketones (excluding diaryl/α,β-unsaturated/α-hetero) is 1. The standard InChI is InChI=1S/C30H43N3O5/c1-19(2)17-22(31-26(35)20-9-11-21(12-10-20)29(3,4)5)27(36)32-16-13-23-25(32)24(34)18-33(23)28(37)30(38-6)14-7-8-15-30/h9-12,19,22-23,25H,7-8,13-18H2,1-6H3,(H,31,35). The molecular weight excluding hydrogens is 482 g/mol. The Hall–Kier alpha value is -2.74. The number of ether oxygens (including phenoxy) is 1. The molecule has 4 rings (SSSR count). The first-order valence-corrected chi connectivity index (χ1v) is 14.0. The highest BCUT2D eigenvalue weighted by Gasteiger charge is 2.56. The number of likely N-dealkylation sites (tertiary alicyclic amines) is 2. The molecule has 3 fully saturated rings. The van der Waals surface area contributed by atoms with Gasteiger partial charge in [-0.15, -0.1) is 0 Å². The van der Waals surface area contributed by atoms with E-state index in [0.717, 1.165) is 18.4 Å². The Morgan fingerprint density at radius 3 is 2.26 bits per heavy atom. The SMILES string of the molecule is COC1(C(=O)N2CC(=O)C3C2CCN3C(=O)C(CC(C)C)NC(=O)c2ccc(C(C)(C)C)cc2)CCCC1. The van der Waals surface area contributed by atoms with E-state index in [1.54, 1.807) is 29.0 Å². The Labute approximate surface area is 226 Å². The number of ketones is 1. The molecule has 1 aliphatic carbocycles. The van der Waals surface area contributed by atoms with Crippen LogP contribution in [0, 0.1) is 5.92 Å². The van der Waals surface area contributed by atoms with Gasteiger partial charge in [-0.3, -0.25) is 19.2 Å². The van der Waals surface area contributed by atoms with Gasteiger partial charge in [-0.1, -0.05) is 46.8 Å². The van der Waals surface area contributed by atoms with Crippen molar-refractivity contribution in [3.63, 3.8) is 0 Å². The molecule has 1 N–H and O–H groups in total. The second-order valence-electron chi connectivity index (χ2n) is 12.6. The fourth-order valence-corrected chi connectivity index (χ4v) is 6.31. The maximum atomic E-state index is 13.8. The fourth-order valence-electron chi connectivity index (χ4n) is 6.31. The molecule has 208 valence electrons. The van der Waals surface area contributed by atoms with Gasteiger partial charge in [0.2, 0.25) is 5.91 Å². The van der Waals surface area contributed by atoms with Crippen LogP contribution in [0.3, 0.4) is 0 Å². The van der Waals surface area contributed by atoms with Gasteiger partial charge in [-0.25, -0.2) is 0 Å². The lowest BCUT2D eigenvalue weighted by atomic mass is 9.86. The third-order valence-electron chi connectivity index (χ3n) is 8.48. The van der Waals surface area contributed by atoms with Crippen molar-refractivity contribution in [3.8, 4) is 0 Å². The Balaban J connectivity index is 1.49. The number of benzene rings is 1. The molecule has 2 heterocycles. The number of carbonyl (C=O) groups is 4. The molecule has 3 unspecified atom stereocenters. The third kappa shape index (κ3) is 5.37. The van der Waals surface area contributed by atoms with Gasteiger partial charge < -0.3 is 19.9 Å². The molecule has 38 heavy (non-hydrogen) atoms. The van der Waals surface area contributed by atoms with Crippen LogP contribution in [0.25, 0.3) is 0 Å². The molecule has 0 radical (unpaired) electrons. The smallest absolute Gasteiger partial charge is 0.255 e. The first kappa shape index (κ1) is 28.3. The molecule has 0 spiro atoms. The number of carbonyl (C=O) groups excluding carboxylic acids is 4. The zero-order chi connectivity index (χ0) is 27.8. The maximum absolute atomic E-state index is 13.8. The van der Waals surface area contributed by atoms with Crippen LogP contribution in [-0.4, -0.2) is 77.2 Å². The Bertz CT molecular complexity index is 1070. The summed E-state index contributed by atoms with van der Waals surface area (Å²) in [5, 5.41) is 2.95. The molecule has 1 saturated carbocycles. The van der Waals surface area contributed by atoms with Crippen LogP contribution in [0.15, 0.2) is 24.3 Å². The molecule has 1 aromatic carbocycles. The van der Waals surface area contributed by atoms with Crippen LogP contribution in [0.5, 0.6) is 0 Å². The van der Waals surface area contributed by atoms with E-state index in [4.69, 9.17) is 4.74 Å². The topological polar surface area (TPSA) is 96.0 Å². The second-order valence-corrected chi connectivity index (χ2v) is 12.6. The quantitative estimate of drug-likeness (QED) is 0.588. The summed E-state index contributed by atoms with van der Waals surface area (Å²) in [5.41, 5.74) is 0.734. The van der Waals surface area contributed by atoms with E-state index >= 15 is 0 Å². The van der Waals surface area contributed by atoms with E-state index < -0.39 is 17.7 Å². The molecule has 3 atom stereocenters. The molecule has 1 aromatic rings. The predicted octanol–water partition coefficient (Wildman–Crippen LogP) is 3.47. The highest BCUT2D eigenvalue weighted by atomic mass is 16.5. The van der Waals surface area contributed by atoms with Crippen molar-refractivity contribution in [1.29, 1.82) is 0 Å². The van der Waals surface area contributed by atoms with E-state index in [0.29, 0.717) is 37.8 Å². The number of amides is 3. The minimum atomic E-state index is -0.858. The van der Waals surface area contributed by atoms with Gasteiger partial charge in [-0.05, 0) is 67.6 Å². The molecule has 2 saturated heterocycles. The average Bonchev–Trinajstić information content (AvgIpc) is 3.59. The van der Waals surface area contributed by atoms with Gasteiger partial charge in [0, 0.05) is 19.2 Å². The molecule has 0 aromatic heterocycles. The Morgan fingerprint density at radius 1 is 1.08 bits per heavy atom. The van der Waals surface area contributed by atoms with Crippen molar-refractivity contribution < 1.29 is 23.9 Å². The van der Waals surface area contributed by atoms with E-state index in [-0.39, 0.29) is 47.4 Å². The second kappa shape index (κ2) is 10.8. The van der Waals surface area contributed by atoms with Gasteiger partial charge >= 0.3 is 0 Å². The van der Waals surface area contributed by atoms with E-state index in [1.807, 2.05) is 26.0 Å². The lowest BCUT2D eigenvalue weighted by molar-refractivity contribution is -0.155. The molecule has 0 bridgehead atoms. The molecule has 8 heteroatoms. The van der Waals surface area contributed by atoms with Gasteiger partial charge in [0.1, 0.15) is 17.7 Å². The highest BCUT2D eigenvalue weighted by molar-refractivity contribution is 6.01. The molecule has 2 aliphatic heterocycles. The van der Waals surface area contributed by atoms with Crippen molar-refractivity contribution >= 4 is 23.5 Å². The Morgan fingerprint density at radius 2 is 1.71 bits per heavy atom. The van der Waals surface area contributed by atoms with Crippen molar-refractivity contribution in [1.82, 2.24) is 15.1 Å². The van der Waals surface area contributed by atoms with Crippen LogP contribution in [-0.2, 0) is 24.5 Å². The molecular formula is C30H43N3O5. The van der Waals surface area contributed by atoms with Crippen molar-refractivity contribution in [2.75, 3.05) is 20.2 Å². The first-order valence-electron chi connectivity index (χ1n) is 14.0. The lowest BCUT2D eigenvalue weighted by Crippen LogP contribution is -2.53. The minimum absolute atomic E-state index is 0.00435. The summed E-state index contributed by atoms with van der Waals surface area (Å²) in [5.74, 6) is -0.648. The maximum Gasteiger partial charge on any atom is 0.255 e. The van der Waals surface area contributed by atoms with Gasteiger partial charge in [0.15, 0.2) is 5.78 Å². The number of nitrogens with zero attached hydrogens (tertiary/aromatic N) is 2. The summed E-state index contributed by atoms with van der Waals surface area (Å²) in [6, 6.07) is 5.71. The number of methoxy groups -OCH3 is 1. The average molecular weight is 526 g/mol. The summed E-state index contributed by atoms with van der Waals surface area (Å²) in [6.45, 7) is 10.7. The van der Waals surface area contributed by atoms with Gasteiger partial charge in [-0.2, -0.15) is 0 Å². The number of hydrogen-bond acceptors (Lipinski definition) is 5. The van der Waals surface area contributed by atoms with Crippen LogP contribution in [0.1, 0.15) is 89.1 Å². The summed E-state index contributed by atoms with van der Waals surface area (Å²) in [4.78, 5) is 56.9. The molecule has 8 nitrogen and oxygen atoms in total. The summed E-state index contributed by atoms with van der Waals surface area (Å²) in [7, 11) is 1.57. The number of hydrogen-bond donors (Lipinski definition) is 1. The van der Waals surface area contributed by atoms with E-state index in [1.165, 1.54) is 0 Å². The summed E-state index contributed by atoms with van der Waals surface area (Å²) < 4.78 is 5.69. The number of nitrogens with one attached hydrogen (secondary N) is 1. The predicted molar refractivity (Wildman–Crippen MR) is 145 cm³/mol. The van der Waals surface area contributed by atoms with Gasteiger partial charge in [0.25, 0.3) is 11.8 Å². The van der Waals surface area contributed by atoms with Gasteiger partial charge in [0.05, 0.1) is 12.6 Å². The van der Waals surface area contributed by atoms with Crippen molar-refractivity contribution in [3.05, 3.63) is 35.4 Å². The van der Waals surface area contributed by atoms with E-state index in [2.05, 4.69) is 26.1 Å². The summed E-state index contributed by atoms with van der Waals surface area (Å²) in [6.07, 6.45) is 4.18. The normalized spacial score (nSPS) is 23.6. The van der Waals surface area contributed by atoms with E-state index in [9.17, 15) is 19.2 Å². The van der Waals surface area contributed by atoms with Crippen LogP contribution >= 0.6 is 0 Å². The molecule has 3 amide bonds. The third-order valence-corrected chi connectivity index (χ3v) is 8.48. The first-order chi connectivity index (χ1) is 17.9. The minimum Gasteiger partial charge on any atom is -0.368 e. The largest absolute Gasteiger partial charge is 0.368 e. The summed E-state index contributed by atoms with van der Waals surface area (Å²) >= 11 is 0. The van der Waals surface area contributed by atoms with Crippen LogP contribution in [0.2, 0.25) is 0 Å². The monoisotopic (exact) mass is 525 g/mol. The lowest BCUT2D eigenvalue weighted by Gasteiger charge is -2.33. The Kier molecular flexibility index (Phi) is 8.03. The van der Waals surface area contributed by atoms with Crippen molar-refractivity contribution in [2.24, 2.45) is 5.92 Å².